The molecule has 1 aromatic carbocycles. The van der Waals surface area contributed by atoms with Gasteiger partial charge in [0.15, 0.2) is 0 Å². The maximum Gasteiger partial charge on any atom is 0.103 e. The Labute approximate surface area is 101 Å². The Morgan fingerprint density at radius 3 is 2.88 bits per heavy atom. The fourth-order valence-electron chi connectivity index (χ4n) is 2.36. The molecule has 3 rings (SSSR count). The molecule has 17 heavy (non-hydrogen) atoms. The highest BCUT2D eigenvalue weighted by Gasteiger charge is 2.19. The van der Waals surface area contributed by atoms with Gasteiger partial charge in [0.25, 0.3) is 0 Å². The zero-order valence-electron chi connectivity index (χ0n) is 9.69. The van der Waals surface area contributed by atoms with Crippen molar-refractivity contribution in [3.63, 3.8) is 0 Å². The average Bonchev–Trinajstić information content (AvgIpc) is 2.86. The van der Waals surface area contributed by atoms with Gasteiger partial charge >= 0.3 is 0 Å². The summed E-state index contributed by atoms with van der Waals surface area (Å²) in [5.41, 5.74) is 4.33. The highest BCUT2D eigenvalue weighted by molar-refractivity contribution is 5.36. The smallest absolute Gasteiger partial charge is 0.103 e. The lowest BCUT2D eigenvalue weighted by atomic mass is 9.95. The maximum absolute atomic E-state index is 10.3. The Balaban J connectivity index is 1.86. The molecule has 1 aromatic rings. The van der Waals surface area contributed by atoms with Gasteiger partial charge in [-0.15, -0.1) is 0 Å². The zero-order valence-corrected chi connectivity index (χ0v) is 9.69. The Bertz CT molecular complexity index is 451. The molecular weight excluding hydrogens is 216 g/mol. The molecule has 1 atom stereocenters. The summed E-state index contributed by atoms with van der Waals surface area (Å²) in [5.74, 6) is 0. The third kappa shape index (κ3) is 2.08. The van der Waals surface area contributed by atoms with E-state index in [-0.39, 0.29) is 0 Å². The van der Waals surface area contributed by atoms with Gasteiger partial charge in [0.05, 0.1) is 26.1 Å². The van der Waals surface area contributed by atoms with Gasteiger partial charge in [-0.05, 0) is 35.1 Å². The van der Waals surface area contributed by atoms with Crippen molar-refractivity contribution >= 4 is 0 Å². The largest absolute Gasteiger partial charge is 0.501 e. The van der Waals surface area contributed by atoms with Gasteiger partial charge in [0.1, 0.15) is 6.10 Å². The van der Waals surface area contributed by atoms with Crippen molar-refractivity contribution < 1.29 is 14.6 Å². The van der Waals surface area contributed by atoms with Crippen molar-refractivity contribution in [2.75, 3.05) is 6.61 Å². The number of aliphatic hydroxyl groups is 1. The molecule has 0 saturated carbocycles. The lowest BCUT2D eigenvalue weighted by Crippen LogP contribution is -2.08. The van der Waals surface area contributed by atoms with Crippen LogP contribution in [0.1, 0.15) is 35.6 Å². The molecule has 3 heteroatoms. The fraction of sp³-hybridized carbons (Fsp3) is 0.429. The number of hydrogen-bond acceptors (Lipinski definition) is 3. The van der Waals surface area contributed by atoms with Gasteiger partial charge in [-0.3, -0.25) is 0 Å². The van der Waals surface area contributed by atoms with E-state index in [4.69, 9.17) is 9.47 Å². The van der Waals surface area contributed by atoms with Crippen LogP contribution in [-0.4, -0.2) is 11.7 Å². The van der Waals surface area contributed by atoms with Gasteiger partial charge in [-0.25, -0.2) is 0 Å². The number of benzene rings is 1. The molecule has 0 radical (unpaired) electrons. The van der Waals surface area contributed by atoms with Gasteiger partial charge in [0, 0.05) is 0 Å². The zero-order chi connectivity index (χ0) is 11.7. The minimum absolute atomic E-state index is 0.541. The molecule has 0 amide bonds. The van der Waals surface area contributed by atoms with Crippen molar-refractivity contribution in [3.8, 4) is 0 Å². The molecule has 0 bridgehead atoms. The Hall–Kier alpha value is -1.32. The summed E-state index contributed by atoms with van der Waals surface area (Å²) < 4.78 is 10.6. The summed E-state index contributed by atoms with van der Waals surface area (Å²) >= 11 is 0. The molecule has 0 fully saturated rings. The quantitative estimate of drug-likeness (QED) is 0.851. The maximum atomic E-state index is 10.3. The highest BCUT2D eigenvalue weighted by atomic mass is 16.5. The second-order valence-electron chi connectivity index (χ2n) is 4.59. The van der Waals surface area contributed by atoms with Crippen molar-refractivity contribution in [2.45, 2.75) is 32.2 Å². The van der Waals surface area contributed by atoms with E-state index in [9.17, 15) is 5.11 Å². The number of fused-ring (bicyclic) bond motifs is 1. The van der Waals surface area contributed by atoms with Crippen LogP contribution in [0.3, 0.4) is 0 Å². The summed E-state index contributed by atoms with van der Waals surface area (Å²) in [6.45, 7) is 2.11. The second-order valence-corrected chi connectivity index (χ2v) is 4.59. The molecule has 0 aromatic heterocycles. The van der Waals surface area contributed by atoms with E-state index in [0.717, 1.165) is 30.6 Å². The van der Waals surface area contributed by atoms with Crippen LogP contribution in [0.25, 0.3) is 0 Å². The normalized spacial score (nSPS) is 20.4. The molecule has 2 aliphatic heterocycles. The molecule has 90 valence electrons. The summed E-state index contributed by atoms with van der Waals surface area (Å²) in [6.07, 6.45) is 3.06. The third-order valence-electron chi connectivity index (χ3n) is 3.37. The Morgan fingerprint density at radius 2 is 2.06 bits per heavy atom. The van der Waals surface area contributed by atoms with Crippen molar-refractivity contribution in [1.29, 1.82) is 0 Å². The van der Waals surface area contributed by atoms with E-state index in [1.54, 1.807) is 6.26 Å². The van der Waals surface area contributed by atoms with E-state index in [1.165, 1.54) is 11.1 Å². The van der Waals surface area contributed by atoms with Gasteiger partial charge in [-0.1, -0.05) is 18.2 Å². The van der Waals surface area contributed by atoms with Crippen LogP contribution in [0.15, 0.2) is 30.0 Å². The molecule has 1 N–H and O–H groups in total. The molecule has 1 unspecified atom stereocenters. The molecule has 2 aliphatic rings. The van der Waals surface area contributed by atoms with Crippen molar-refractivity contribution in [2.24, 2.45) is 0 Å². The topological polar surface area (TPSA) is 38.7 Å². The number of aliphatic hydroxyl groups excluding tert-OH is 1. The first-order valence-electron chi connectivity index (χ1n) is 6.02. The third-order valence-corrected chi connectivity index (χ3v) is 3.37. The number of rotatable bonds is 2. The van der Waals surface area contributed by atoms with E-state index >= 15 is 0 Å². The van der Waals surface area contributed by atoms with E-state index < -0.39 is 6.10 Å². The van der Waals surface area contributed by atoms with Crippen LogP contribution < -0.4 is 0 Å². The molecule has 2 heterocycles. The molecule has 0 spiro atoms. The van der Waals surface area contributed by atoms with Crippen molar-refractivity contribution in [3.05, 3.63) is 46.7 Å². The minimum atomic E-state index is -0.541. The van der Waals surface area contributed by atoms with Crippen molar-refractivity contribution in [1.82, 2.24) is 0 Å². The monoisotopic (exact) mass is 232 g/mol. The van der Waals surface area contributed by atoms with Crippen LogP contribution >= 0.6 is 0 Å². The lowest BCUT2D eigenvalue weighted by molar-refractivity contribution is 0.134. The van der Waals surface area contributed by atoms with Crippen LogP contribution in [0, 0.1) is 0 Å². The lowest BCUT2D eigenvalue weighted by Gasteiger charge is -2.19. The minimum Gasteiger partial charge on any atom is -0.501 e. The molecular formula is C14H16O3. The standard InChI is InChI=1S/C14H16O3/c15-14(12-2-1-5-16-8-12)10-3-4-11-7-17-9-13(11)6-10/h3-4,6,8,14-15H,1-2,5,7,9H2. The predicted octanol–water partition coefficient (Wildman–Crippen LogP) is 2.44. The summed E-state index contributed by atoms with van der Waals surface area (Å²) in [7, 11) is 0. The Kier molecular flexibility index (Phi) is 2.87. The van der Waals surface area contributed by atoms with Crippen LogP contribution in [0.5, 0.6) is 0 Å². The first-order chi connectivity index (χ1) is 8.34. The first kappa shape index (κ1) is 10.8. The first-order valence-corrected chi connectivity index (χ1v) is 6.02. The number of hydrogen-bond donors (Lipinski definition) is 1. The highest BCUT2D eigenvalue weighted by Crippen LogP contribution is 2.30. The SMILES string of the molecule is OC(C1=COCCC1)c1ccc2c(c1)COC2. The predicted molar refractivity (Wildman–Crippen MR) is 63.2 cm³/mol. The van der Waals surface area contributed by atoms with Gasteiger partial charge in [-0.2, -0.15) is 0 Å². The van der Waals surface area contributed by atoms with E-state index in [1.807, 2.05) is 18.2 Å². The van der Waals surface area contributed by atoms with E-state index in [0.29, 0.717) is 13.2 Å². The Morgan fingerprint density at radius 1 is 1.18 bits per heavy atom. The van der Waals surface area contributed by atoms with Gasteiger partial charge < -0.3 is 14.6 Å². The van der Waals surface area contributed by atoms with Crippen LogP contribution in [-0.2, 0) is 22.7 Å². The van der Waals surface area contributed by atoms with Gasteiger partial charge in [0.2, 0.25) is 0 Å². The fourth-order valence-corrected chi connectivity index (χ4v) is 2.36. The summed E-state index contributed by atoms with van der Waals surface area (Å²) in [5, 5.41) is 10.3. The summed E-state index contributed by atoms with van der Waals surface area (Å²) in [6, 6.07) is 6.07. The van der Waals surface area contributed by atoms with E-state index in [2.05, 4.69) is 0 Å². The molecule has 0 aliphatic carbocycles. The number of ether oxygens (including phenoxy) is 2. The molecule has 0 saturated heterocycles. The van der Waals surface area contributed by atoms with Crippen LogP contribution in [0.4, 0.5) is 0 Å². The summed E-state index contributed by atoms with van der Waals surface area (Å²) in [4.78, 5) is 0. The van der Waals surface area contributed by atoms with Crippen LogP contribution in [0.2, 0.25) is 0 Å². The second kappa shape index (κ2) is 4.51. The molecule has 3 nitrogen and oxygen atoms in total. The average molecular weight is 232 g/mol.